The predicted octanol–water partition coefficient (Wildman–Crippen LogP) is 0.603. The van der Waals surface area contributed by atoms with E-state index < -0.39 is 0 Å². The molecule has 1 aromatic carbocycles. The lowest BCUT2D eigenvalue weighted by Crippen LogP contribution is -2.18. The fourth-order valence-electron chi connectivity index (χ4n) is 1.40. The van der Waals surface area contributed by atoms with Crippen LogP contribution in [0.2, 0.25) is 0 Å². The Bertz CT molecular complexity index is 446. The zero-order valence-corrected chi connectivity index (χ0v) is 10.4. The first-order valence-corrected chi connectivity index (χ1v) is 5.50. The van der Waals surface area contributed by atoms with Gasteiger partial charge in [-0.1, -0.05) is 0 Å². The number of esters is 1. The molecule has 6 nitrogen and oxygen atoms in total. The van der Waals surface area contributed by atoms with Gasteiger partial charge in [-0.15, -0.1) is 0 Å². The molecule has 4 N–H and O–H groups in total. The molecule has 0 atom stereocenters. The highest BCUT2D eigenvalue weighted by molar-refractivity contribution is 5.96. The van der Waals surface area contributed by atoms with E-state index in [4.69, 9.17) is 5.73 Å². The fraction of sp³-hybridized carbons (Fsp3) is 0.333. The van der Waals surface area contributed by atoms with Crippen molar-refractivity contribution in [2.45, 2.75) is 6.42 Å². The number of nitrogens with two attached hydrogens (primary N) is 1. The van der Waals surface area contributed by atoms with E-state index in [9.17, 15) is 9.59 Å². The van der Waals surface area contributed by atoms with Crippen molar-refractivity contribution >= 4 is 23.3 Å². The molecule has 0 bridgehead atoms. The van der Waals surface area contributed by atoms with Crippen molar-refractivity contribution in [3.63, 3.8) is 0 Å². The van der Waals surface area contributed by atoms with Crippen LogP contribution in [0.15, 0.2) is 18.2 Å². The average molecular weight is 251 g/mol. The van der Waals surface area contributed by atoms with E-state index in [1.807, 2.05) is 0 Å². The molecule has 0 aliphatic carbocycles. The van der Waals surface area contributed by atoms with Gasteiger partial charge >= 0.3 is 5.97 Å². The van der Waals surface area contributed by atoms with E-state index in [0.29, 0.717) is 23.5 Å². The molecule has 0 aromatic heterocycles. The molecule has 0 unspecified atom stereocenters. The maximum Gasteiger partial charge on any atom is 0.307 e. The van der Waals surface area contributed by atoms with Gasteiger partial charge in [0.15, 0.2) is 0 Å². The molecule has 1 aromatic rings. The van der Waals surface area contributed by atoms with Crippen LogP contribution in [0.3, 0.4) is 0 Å². The van der Waals surface area contributed by atoms with Gasteiger partial charge in [-0.2, -0.15) is 0 Å². The van der Waals surface area contributed by atoms with Crippen molar-refractivity contribution in [1.29, 1.82) is 0 Å². The van der Waals surface area contributed by atoms with Gasteiger partial charge < -0.3 is 21.1 Å². The average Bonchev–Trinajstić information content (AvgIpc) is 2.39. The largest absolute Gasteiger partial charge is 0.469 e. The number of hydrogen-bond donors (Lipinski definition) is 3. The van der Waals surface area contributed by atoms with Gasteiger partial charge in [0, 0.05) is 19.2 Å². The number of amides is 1. The Morgan fingerprint density at radius 3 is 2.72 bits per heavy atom. The number of ether oxygens (including phenoxy) is 1. The minimum atomic E-state index is -0.302. The summed E-state index contributed by atoms with van der Waals surface area (Å²) in [6.45, 7) is 0.397. The zero-order valence-electron chi connectivity index (χ0n) is 10.4. The van der Waals surface area contributed by atoms with Gasteiger partial charge in [-0.05, 0) is 18.2 Å². The molecule has 18 heavy (non-hydrogen) atoms. The number of hydrogen-bond acceptors (Lipinski definition) is 5. The number of nitrogens with one attached hydrogen (secondary N) is 2. The van der Waals surface area contributed by atoms with Crippen LogP contribution in [0.4, 0.5) is 11.4 Å². The number of methoxy groups -OCH3 is 1. The predicted molar refractivity (Wildman–Crippen MR) is 69.4 cm³/mol. The molecule has 0 radical (unpaired) electrons. The molecule has 0 spiro atoms. The summed E-state index contributed by atoms with van der Waals surface area (Å²) in [5, 5.41) is 5.52. The van der Waals surface area contributed by atoms with E-state index in [1.165, 1.54) is 7.11 Å². The van der Waals surface area contributed by atoms with Crippen LogP contribution in [0.25, 0.3) is 0 Å². The summed E-state index contributed by atoms with van der Waals surface area (Å²) in [4.78, 5) is 22.4. The van der Waals surface area contributed by atoms with Crippen LogP contribution in [-0.2, 0) is 9.53 Å². The van der Waals surface area contributed by atoms with Crippen molar-refractivity contribution in [1.82, 2.24) is 5.32 Å². The molecule has 0 aliphatic rings. The summed E-state index contributed by atoms with van der Waals surface area (Å²) in [5.74, 6) is -0.491. The standard InChI is InChI=1S/C12H17N3O3/c1-14-12(17)8-3-4-9(13)10(7-8)15-6-5-11(16)18-2/h3-4,7,15H,5-6,13H2,1-2H3,(H,14,17). The van der Waals surface area contributed by atoms with E-state index in [2.05, 4.69) is 15.4 Å². The van der Waals surface area contributed by atoms with Crippen molar-refractivity contribution in [3.05, 3.63) is 23.8 Å². The minimum Gasteiger partial charge on any atom is -0.469 e. The van der Waals surface area contributed by atoms with E-state index in [0.717, 1.165) is 0 Å². The Balaban J connectivity index is 2.69. The molecule has 0 saturated heterocycles. The lowest BCUT2D eigenvalue weighted by atomic mass is 10.1. The van der Waals surface area contributed by atoms with Gasteiger partial charge in [0.25, 0.3) is 5.91 Å². The topological polar surface area (TPSA) is 93.5 Å². The van der Waals surface area contributed by atoms with Gasteiger partial charge in [0.2, 0.25) is 0 Å². The van der Waals surface area contributed by atoms with Gasteiger partial charge in [-0.25, -0.2) is 0 Å². The summed E-state index contributed by atoms with van der Waals surface area (Å²) >= 11 is 0. The minimum absolute atomic E-state index is 0.189. The maximum atomic E-state index is 11.5. The third-order valence-electron chi connectivity index (χ3n) is 2.41. The second-order valence-corrected chi connectivity index (χ2v) is 3.63. The van der Waals surface area contributed by atoms with Crippen LogP contribution in [0.5, 0.6) is 0 Å². The van der Waals surface area contributed by atoms with Gasteiger partial charge in [0.05, 0.1) is 24.9 Å². The Morgan fingerprint density at radius 1 is 1.39 bits per heavy atom. The second kappa shape index (κ2) is 6.48. The fourth-order valence-corrected chi connectivity index (χ4v) is 1.40. The molecule has 0 heterocycles. The van der Waals surface area contributed by atoms with E-state index in [-0.39, 0.29) is 18.3 Å². The van der Waals surface area contributed by atoms with Crippen LogP contribution in [0, 0.1) is 0 Å². The highest BCUT2D eigenvalue weighted by Gasteiger charge is 2.07. The van der Waals surface area contributed by atoms with Gasteiger partial charge in [0.1, 0.15) is 0 Å². The van der Waals surface area contributed by atoms with Gasteiger partial charge in [-0.3, -0.25) is 9.59 Å². The third-order valence-corrected chi connectivity index (χ3v) is 2.41. The van der Waals surface area contributed by atoms with E-state index >= 15 is 0 Å². The number of nitrogen functional groups attached to an aromatic ring is 1. The molecule has 1 rings (SSSR count). The summed E-state index contributed by atoms with van der Waals surface area (Å²) in [5.41, 5.74) is 7.42. The molecular formula is C12H17N3O3. The molecule has 6 heteroatoms. The highest BCUT2D eigenvalue weighted by atomic mass is 16.5. The number of anilines is 2. The van der Waals surface area contributed by atoms with E-state index in [1.54, 1.807) is 25.2 Å². The number of carbonyl (C=O) groups excluding carboxylic acids is 2. The molecular weight excluding hydrogens is 234 g/mol. The number of carbonyl (C=O) groups is 2. The summed E-state index contributed by atoms with van der Waals surface area (Å²) < 4.78 is 4.52. The molecule has 98 valence electrons. The first kappa shape index (κ1) is 13.8. The highest BCUT2D eigenvalue weighted by Crippen LogP contribution is 2.19. The first-order valence-electron chi connectivity index (χ1n) is 5.50. The third kappa shape index (κ3) is 3.65. The lowest BCUT2D eigenvalue weighted by Gasteiger charge is -2.10. The maximum absolute atomic E-state index is 11.5. The van der Waals surface area contributed by atoms with Crippen LogP contribution >= 0.6 is 0 Å². The lowest BCUT2D eigenvalue weighted by molar-refractivity contribution is -0.140. The van der Waals surface area contributed by atoms with Crippen LogP contribution in [-0.4, -0.2) is 32.6 Å². The summed E-state index contributed by atoms with van der Waals surface area (Å²) in [7, 11) is 2.89. The normalized spacial score (nSPS) is 9.67. The molecule has 0 aliphatic heterocycles. The Kier molecular flexibility index (Phi) is 4.98. The van der Waals surface area contributed by atoms with Crippen LogP contribution < -0.4 is 16.4 Å². The van der Waals surface area contributed by atoms with Crippen molar-refractivity contribution in [2.75, 3.05) is 31.8 Å². The van der Waals surface area contributed by atoms with Crippen molar-refractivity contribution in [2.24, 2.45) is 0 Å². The quantitative estimate of drug-likeness (QED) is 0.526. The number of benzene rings is 1. The molecule has 0 fully saturated rings. The smallest absolute Gasteiger partial charge is 0.307 e. The zero-order chi connectivity index (χ0) is 13.5. The molecule has 1 amide bonds. The Labute approximate surface area is 105 Å². The van der Waals surface area contributed by atoms with Crippen molar-refractivity contribution < 1.29 is 14.3 Å². The summed E-state index contributed by atoms with van der Waals surface area (Å²) in [6.07, 6.45) is 0.236. The molecule has 0 saturated carbocycles. The second-order valence-electron chi connectivity index (χ2n) is 3.63. The van der Waals surface area contributed by atoms with Crippen molar-refractivity contribution in [3.8, 4) is 0 Å². The SMILES string of the molecule is CNC(=O)c1ccc(N)c(NCCC(=O)OC)c1. The summed E-state index contributed by atoms with van der Waals surface area (Å²) in [6, 6.07) is 4.93. The Hall–Kier alpha value is -2.24. The Morgan fingerprint density at radius 2 is 2.11 bits per heavy atom. The van der Waals surface area contributed by atoms with Crippen LogP contribution in [0.1, 0.15) is 16.8 Å². The number of rotatable bonds is 5. The monoisotopic (exact) mass is 251 g/mol. The first-order chi connectivity index (χ1) is 8.58.